The SMILES string of the molecule is CC(=O)Nc1ccc(C(=O)N[C@H](Cc2ccc(OCc3ccccc3)cc2)C(N)=O)cc1. The monoisotopic (exact) mass is 431 g/mol. The number of ether oxygens (including phenoxy) is 1. The van der Waals surface area contributed by atoms with Gasteiger partial charge in [-0.3, -0.25) is 14.4 Å². The highest BCUT2D eigenvalue weighted by atomic mass is 16.5. The number of amides is 3. The molecule has 0 aliphatic heterocycles. The Morgan fingerprint density at radius 3 is 2.12 bits per heavy atom. The number of carbonyl (C=O) groups excluding carboxylic acids is 3. The van der Waals surface area contributed by atoms with Crippen LogP contribution in [-0.4, -0.2) is 23.8 Å². The van der Waals surface area contributed by atoms with Gasteiger partial charge < -0.3 is 21.1 Å². The number of hydrogen-bond acceptors (Lipinski definition) is 4. The number of anilines is 1. The number of rotatable bonds is 9. The lowest BCUT2D eigenvalue weighted by atomic mass is 10.0. The number of nitrogens with one attached hydrogen (secondary N) is 2. The van der Waals surface area contributed by atoms with Crippen molar-refractivity contribution in [3.63, 3.8) is 0 Å². The fourth-order valence-electron chi connectivity index (χ4n) is 3.07. The number of nitrogens with two attached hydrogens (primary N) is 1. The molecule has 0 aliphatic carbocycles. The van der Waals surface area contributed by atoms with Gasteiger partial charge in [-0.25, -0.2) is 0 Å². The van der Waals surface area contributed by atoms with Crippen molar-refractivity contribution >= 4 is 23.4 Å². The maximum atomic E-state index is 12.5. The van der Waals surface area contributed by atoms with Crippen molar-refractivity contribution in [2.75, 3.05) is 5.32 Å². The van der Waals surface area contributed by atoms with Crippen LogP contribution < -0.4 is 21.1 Å². The molecule has 3 aromatic rings. The summed E-state index contributed by atoms with van der Waals surface area (Å²) < 4.78 is 5.77. The Morgan fingerprint density at radius 1 is 0.875 bits per heavy atom. The molecule has 0 spiro atoms. The van der Waals surface area contributed by atoms with E-state index in [1.807, 2.05) is 54.6 Å². The summed E-state index contributed by atoms with van der Waals surface area (Å²) in [6.07, 6.45) is 0.254. The smallest absolute Gasteiger partial charge is 0.251 e. The Hall–Kier alpha value is -4.13. The molecule has 0 aliphatic rings. The minimum atomic E-state index is -0.867. The fraction of sp³-hybridized carbons (Fsp3) is 0.160. The van der Waals surface area contributed by atoms with E-state index in [9.17, 15) is 14.4 Å². The highest BCUT2D eigenvalue weighted by molar-refractivity contribution is 5.98. The normalized spacial score (nSPS) is 11.3. The Kier molecular flexibility index (Phi) is 7.59. The quantitative estimate of drug-likeness (QED) is 0.484. The van der Waals surface area contributed by atoms with E-state index < -0.39 is 17.9 Å². The van der Waals surface area contributed by atoms with Gasteiger partial charge in [-0.15, -0.1) is 0 Å². The van der Waals surface area contributed by atoms with Gasteiger partial charge in [-0.05, 0) is 47.5 Å². The predicted octanol–water partition coefficient (Wildman–Crippen LogP) is 3.05. The third kappa shape index (κ3) is 6.70. The van der Waals surface area contributed by atoms with Gasteiger partial charge >= 0.3 is 0 Å². The number of benzene rings is 3. The van der Waals surface area contributed by atoms with Crippen molar-refractivity contribution < 1.29 is 19.1 Å². The van der Waals surface area contributed by atoms with Crippen molar-refractivity contribution in [1.29, 1.82) is 0 Å². The molecule has 3 rings (SSSR count). The zero-order chi connectivity index (χ0) is 22.9. The fourth-order valence-corrected chi connectivity index (χ4v) is 3.07. The van der Waals surface area contributed by atoms with Crippen molar-refractivity contribution in [3.05, 3.63) is 95.6 Å². The van der Waals surface area contributed by atoms with Crippen LogP contribution in [0.3, 0.4) is 0 Å². The van der Waals surface area contributed by atoms with Crippen LogP contribution in [-0.2, 0) is 22.6 Å². The lowest BCUT2D eigenvalue weighted by molar-refractivity contribution is -0.119. The van der Waals surface area contributed by atoms with E-state index in [2.05, 4.69) is 10.6 Å². The summed E-state index contributed by atoms with van der Waals surface area (Å²) in [6.45, 7) is 1.86. The lowest BCUT2D eigenvalue weighted by Gasteiger charge is -2.16. The molecule has 4 N–H and O–H groups in total. The summed E-state index contributed by atoms with van der Waals surface area (Å²) in [7, 11) is 0. The van der Waals surface area contributed by atoms with E-state index in [-0.39, 0.29) is 12.3 Å². The number of hydrogen-bond donors (Lipinski definition) is 3. The minimum absolute atomic E-state index is 0.201. The average Bonchev–Trinajstić information content (AvgIpc) is 2.79. The van der Waals surface area contributed by atoms with Crippen LogP contribution in [0.25, 0.3) is 0 Å². The summed E-state index contributed by atoms with van der Waals surface area (Å²) in [5, 5.41) is 5.30. The largest absolute Gasteiger partial charge is 0.489 e. The lowest BCUT2D eigenvalue weighted by Crippen LogP contribution is -2.45. The molecule has 164 valence electrons. The van der Waals surface area contributed by atoms with Crippen LogP contribution in [0.5, 0.6) is 5.75 Å². The second-order valence-corrected chi connectivity index (χ2v) is 7.31. The average molecular weight is 431 g/mol. The van der Waals surface area contributed by atoms with E-state index in [0.29, 0.717) is 23.6 Å². The molecule has 0 fully saturated rings. The van der Waals surface area contributed by atoms with Crippen molar-refractivity contribution in [2.24, 2.45) is 5.73 Å². The van der Waals surface area contributed by atoms with Crippen molar-refractivity contribution in [2.45, 2.75) is 26.0 Å². The zero-order valence-corrected chi connectivity index (χ0v) is 17.7. The topological polar surface area (TPSA) is 111 Å². The number of primary amides is 1. The highest BCUT2D eigenvalue weighted by Gasteiger charge is 2.19. The maximum Gasteiger partial charge on any atom is 0.251 e. The van der Waals surface area contributed by atoms with Crippen LogP contribution in [0.15, 0.2) is 78.9 Å². The first-order valence-corrected chi connectivity index (χ1v) is 10.1. The molecule has 0 radical (unpaired) electrons. The van der Waals surface area contributed by atoms with Crippen LogP contribution in [0.2, 0.25) is 0 Å². The molecule has 0 saturated carbocycles. The standard InChI is InChI=1S/C25H25N3O4/c1-17(29)27-21-11-9-20(10-12-21)25(31)28-23(24(26)30)15-18-7-13-22(14-8-18)32-16-19-5-3-2-4-6-19/h2-14,23H,15-16H2,1H3,(H2,26,30)(H,27,29)(H,28,31)/t23-/m1/s1. The van der Waals surface area contributed by atoms with Crippen molar-refractivity contribution in [3.8, 4) is 5.75 Å². The van der Waals surface area contributed by atoms with Gasteiger partial charge in [0.1, 0.15) is 18.4 Å². The highest BCUT2D eigenvalue weighted by Crippen LogP contribution is 2.16. The first-order chi connectivity index (χ1) is 15.4. The molecular formula is C25H25N3O4. The van der Waals surface area contributed by atoms with Gasteiger partial charge in [0.15, 0.2) is 0 Å². The molecule has 0 bridgehead atoms. The van der Waals surface area contributed by atoms with E-state index in [0.717, 1.165) is 11.1 Å². The first kappa shape index (κ1) is 22.6. The summed E-state index contributed by atoms with van der Waals surface area (Å²) >= 11 is 0. The summed E-state index contributed by atoms with van der Waals surface area (Å²) in [6, 6.07) is 22.6. The third-order valence-corrected chi connectivity index (χ3v) is 4.73. The summed E-state index contributed by atoms with van der Waals surface area (Å²) in [5.41, 5.74) is 8.34. The van der Waals surface area contributed by atoms with E-state index >= 15 is 0 Å². The molecule has 1 atom stereocenters. The van der Waals surface area contributed by atoms with Crippen LogP contribution in [0.4, 0.5) is 5.69 Å². The van der Waals surface area contributed by atoms with E-state index in [1.54, 1.807) is 24.3 Å². The molecule has 0 heterocycles. The third-order valence-electron chi connectivity index (χ3n) is 4.73. The molecular weight excluding hydrogens is 406 g/mol. The second kappa shape index (κ2) is 10.8. The molecule has 0 aromatic heterocycles. The minimum Gasteiger partial charge on any atom is -0.489 e. The van der Waals surface area contributed by atoms with Crippen LogP contribution in [0.1, 0.15) is 28.4 Å². The van der Waals surface area contributed by atoms with Gasteiger partial charge in [0.2, 0.25) is 11.8 Å². The van der Waals surface area contributed by atoms with Crippen LogP contribution in [0, 0.1) is 0 Å². The van der Waals surface area contributed by atoms with Gasteiger partial charge in [0, 0.05) is 24.6 Å². The molecule has 0 unspecified atom stereocenters. The number of carbonyl (C=O) groups is 3. The molecule has 0 saturated heterocycles. The molecule has 7 nitrogen and oxygen atoms in total. The Labute approximate surface area is 186 Å². The van der Waals surface area contributed by atoms with E-state index in [1.165, 1.54) is 6.92 Å². The summed E-state index contributed by atoms with van der Waals surface area (Å²) in [4.78, 5) is 35.5. The van der Waals surface area contributed by atoms with Gasteiger partial charge in [0.25, 0.3) is 5.91 Å². The molecule has 7 heteroatoms. The zero-order valence-electron chi connectivity index (χ0n) is 17.7. The van der Waals surface area contributed by atoms with Gasteiger partial charge in [-0.2, -0.15) is 0 Å². The van der Waals surface area contributed by atoms with Gasteiger partial charge in [0.05, 0.1) is 0 Å². The first-order valence-electron chi connectivity index (χ1n) is 10.1. The second-order valence-electron chi connectivity index (χ2n) is 7.31. The van der Waals surface area contributed by atoms with Crippen LogP contribution >= 0.6 is 0 Å². The Bertz CT molecular complexity index is 1060. The molecule has 3 amide bonds. The summed E-state index contributed by atoms with van der Waals surface area (Å²) in [5.74, 6) is -0.549. The van der Waals surface area contributed by atoms with Gasteiger partial charge in [-0.1, -0.05) is 42.5 Å². The van der Waals surface area contributed by atoms with E-state index in [4.69, 9.17) is 10.5 Å². The predicted molar refractivity (Wildman–Crippen MR) is 122 cm³/mol. The molecule has 3 aromatic carbocycles. The maximum absolute atomic E-state index is 12.5. The Morgan fingerprint density at radius 2 is 1.53 bits per heavy atom. The van der Waals surface area contributed by atoms with Crippen molar-refractivity contribution in [1.82, 2.24) is 5.32 Å². The molecule has 32 heavy (non-hydrogen) atoms. The Balaban J connectivity index is 1.58.